The monoisotopic (exact) mass is 231 g/mol. The highest BCUT2D eigenvalue weighted by molar-refractivity contribution is 8.00. The predicted molar refractivity (Wildman–Crippen MR) is 58.3 cm³/mol. The third-order valence-electron chi connectivity index (χ3n) is 1.51. The van der Waals surface area contributed by atoms with E-state index in [1.807, 2.05) is 13.8 Å². The van der Waals surface area contributed by atoms with E-state index in [0.717, 1.165) is 4.90 Å². The first kappa shape index (κ1) is 11.5. The normalized spacial score (nSPS) is 12.0. The van der Waals surface area contributed by atoms with Crippen LogP contribution in [0, 0.1) is 0 Å². The second kappa shape index (κ2) is 4.31. The molecule has 0 saturated carbocycles. The second-order valence-electron chi connectivity index (χ2n) is 3.26. The first-order chi connectivity index (χ1) is 6.41. The Hall–Kier alpha value is -0.550. The molecule has 0 N–H and O–H groups in total. The number of pyridine rings is 1. The van der Waals surface area contributed by atoms with Gasteiger partial charge in [0.15, 0.2) is 9.84 Å². The standard InChI is InChI=1S/C9H13NO2S2/c1-7(2)13-8-6-10-5-4-9(8)14(3,11)12/h4-7H,1-3H3. The summed E-state index contributed by atoms with van der Waals surface area (Å²) in [6, 6.07) is 1.54. The van der Waals surface area contributed by atoms with Crippen LogP contribution < -0.4 is 0 Å². The Morgan fingerprint density at radius 1 is 1.43 bits per heavy atom. The number of thioether (sulfide) groups is 1. The minimum absolute atomic E-state index is 0.347. The molecule has 0 aliphatic heterocycles. The van der Waals surface area contributed by atoms with Crippen LogP contribution in [-0.2, 0) is 9.84 Å². The Bertz CT molecular complexity index is 413. The lowest BCUT2D eigenvalue weighted by Gasteiger charge is -2.08. The molecule has 0 atom stereocenters. The van der Waals surface area contributed by atoms with Gasteiger partial charge in [-0.3, -0.25) is 4.98 Å². The van der Waals surface area contributed by atoms with E-state index >= 15 is 0 Å². The lowest BCUT2D eigenvalue weighted by atomic mass is 10.5. The molecule has 0 bridgehead atoms. The lowest BCUT2D eigenvalue weighted by Crippen LogP contribution is -2.01. The van der Waals surface area contributed by atoms with E-state index in [0.29, 0.717) is 10.1 Å². The summed E-state index contributed by atoms with van der Waals surface area (Å²) in [6.07, 6.45) is 4.31. The van der Waals surface area contributed by atoms with Crippen LogP contribution in [0.1, 0.15) is 13.8 Å². The minimum Gasteiger partial charge on any atom is -0.263 e. The molecule has 0 aromatic carbocycles. The fourth-order valence-electron chi connectivity index (χ4n) is 1.02. The molecule has 0 aliphatic rings. The SMILES string of the molecule is CC(C)Sc1cnccc1S(C)(=O)=O. The van der Waals surface area contributed by atoms with Crippen LogP contribution >= 0.6 is 11.8 Å². The van der Waals surface area contributed by atoms with Gasteiger partial charge in [-0.15, -0.1) is 11.8 Å². The molecule has 0 spiro atoms. The maximum atomic E-state index is 11.4. The van der Waals surface area contributed by atoms with Crippen LogP contribution in [0.2, 0.25) is 0 Å². The van der Waals surface area contributed by atoms with Gasteiger partial charge in [0.05, 0.1) is 4.90 Å². The third kappa shape index (κ3) is 2.99. The highest BCUT2D eigenvalue weighted by atomic mass is 32.2. The molecule has 0 saturated heterocycles. The molecule has 1 aromatic heterocycles. The fourth-order valence-corrected chi connectivity index (χ4v) is 3.15. The molecule has 3 nitrogen and oxygen atoms in total. The second-order valence-corrected chi connectivity index (χ2v) is 6.86. The van der Waals surface area contributed by atoms with Crippen LogP contribution in [0.5, 0.6) is 0 Å². The van der Waals surface area contributed by atoms with Crippen molar-refractivity contribution in [3.8, 4) is 0 Å². The van der Waals surface area contributed by atoms with Crippen LogP contribution in [0.25, 0.3) is 0 Å². The summed E-state index contributed by atoms with van der Waals surface area (Å²) in [4.78, 5) is 5.02. The quantitative estimate of drug-likeness (QED) is 0.746. The van der Waals surface area contributed by atoms with Crippen molar-refractivity contribution >= 4 is 21.6 Å². The third-order valence-corrected chi connectivity index (χ3v) is 3.84. The van der Waals surface area contributed by atoms with Crippen molar-refractivity contribution in [3.63, 3.8) is 0 Å². The van der Waals surface area contributed by atoms with Crippen LogP contribution in [0.15, 0.2) is 28.3 Å². The number of aromatic nitrogens is 1. The Balaban J connectivity index is 3.17. The molecule has 1 heterocycles. The zero-order chi connectivity index (χ0) is 10.8. The molecule has 1 aromatic rings. The van der Waals surface area contributed by atoms with Crippen molar-refractivity contribution in [3.05, 3.63) is 18.5 Å². The van der Waals surface area contributed by atoms with Gasteiger partial charge in [-0.2, -0.15) is 0 Å². The Kier molecular flexibility index (Phi) is 3.55. The molecule has 14 heavy (non-hydrogen) atoms. The van der Waals surface area contributed by atoms with Gasteiger partial charge in [0, 0.05) is 28.8 Å². The molecular formula is C9H13NO2S2. The van der Waals surface area contributed by atoms with Gasteiger partial charge in [-0.1, -0.05) is 13.8 Å². The predicted octanol–water partition coefficient (Wildman–Crippen LogP) is 1.99. The summed E-state index contributed by atoms with van der Waals surface area (Å²) >= 11 is 1.51. The largest absolute Gasteiger partial charge is 0.263 e. The number of nitrogens with zero attached hydrogens (tertiary/aromatic N) is 1. The van der Waals surface area contributed by atoms with Gasteiger partial charge in [0.2, 0.25) is 0 Å². The summed E-state index contributed by atoms with van der Waals surface area (Å²) in [5, 5.41) is 0.347. The van der Waals surface area contributed by atoms with Gasteiger partial charge >= 0.3 is 0 Å². The number of hydrogen-bond donors (Lipinski definition) is 0. The maximum Gasteiger partial charge on any atom is 0.176 e. The van der Waals surface area contributed by atoms with E-state index in [1.165, 1.54) is 24.2 Å². The highest BCUT2D eigenvalue weighted by Crippen LogP contribution is 2.28. The molecule has 78 valence electrons. The molecule has 5 heteroatoms. The maximum absolute atomic E-state index is 11.4. The highest BCUT2D eigenvalue weighted by Gasteiger charge is 2.13. The van der Waals surface area contributed by atoms with Crippen LogP contribution in [0.3, 0.4) is 0 Å². The first-order valence-electron chi connectivity index (χ1n) is 4.22. The summed E-state index contributed by atoms with van der Waals surface area (Å²) in [6.45, 7) is 4.04. The van der Waals surface area contributed by atoms with Crippen molar-refractivity contribution in [2.75, 3.05) is 6.26 Å². The average Bonchev–Trinajstić information content (AvgIpc) is 2.01. The summed E-state index contributed by atoms with van der Waals surface area (Å²) in [7, 11) is -3.14. The zero-order valence-electron chi connectivity index (χ0n) is 8.39. The van der Waals surface area contributed by atoms with Crippen molar-refractivity contribution in [1.82, 2.24) is 4.98 Å². The Labute approximate surface area is 88.9 Å². The number of rotatable bonds is 3. The van der Waals surface area contributed by atoms with Gasteiger partial charge in [0.1, 0.15) is 0 Å². The van der Waals surface area contributed by atoms with Crippen molar-refractivity contribution in [2.45, 2.75) is 28.9 Å². The molecule has 0 aliphatic carbocycles. The summed E-state index contributed by atoms with van der Waals surface area (Å²) < 4.78 is 22.8. The van der Waals surface area contributed by atoms with Crippen molar-refractivity contribution in [1.29, 1.82) is 0 Å². The smallest absolute Gasteiger partial charge is 0.176 e. The lowest BCUT2D eigenvalue weighted by molar-refractivity contribution is 0.599. The zero-order valence-corrected chi connectivity index (χ0v) is 10.0. The Morgan fingerprint density at radius 2 is 2.07 bits per heavy atom. The minimum atomic E-state index is -3.14. The summed E-state index contributed by atoms with van der Waals surface area (Å²) in [5.74, 6) is 0. The van der Waals surface area contributed by atoms with E-state index in [2.05, 4.69) is 4.98 Å². The van der Waals surface area contributed by atoms with Gasteiger partial charge in [-0.05, 0) is 6.07 Å². The van der Waals surface area contributed by atoms with Gasteiger partial charge in [-0.25, -0.2) is 8.42 Å². The van der Waals surface area contributed by atoms with E-state index in [9.17, 15) is 8.42 Å². The van der Waals surface area contributed by atoms with Crippen molar-refractivity contribution in [2.24, 2.45) is 0 Å². The summed E-state index contributed by atoms with van der Waals surface area (Å²) in [5.41, 5.74) is 0. The Morgan fingerprint density at radius 3 is 2.57 bits per heavy atom. The van der Waals surface area contributed by atoms with Crippen LogP contribution in [0.4, 0.5) is 0 Å². The topological polar surface area (TPSA) is 47.0 Å². The molecule has 0 unspecified atom stereocenters. The number of sulfone groups is 1. The van der Waals surface area contributed by atoms with E-state index in [1.54, 1.807) is 12.3 Å². The van der Waals surface area contributed by atoms with Crippen LogP contribution in [-0.4, -0.2) is 24.9 Å². The number of hydrogen-bond acceptors (Lipinski definition) is 4. The van der Waals surface area contributed by atoms with Gasteiger partial charge < -0.3 is 0 Å². The van der Waals surface area contributed by atoms with E-state index in [-0.39, 0.29) is 0 Å². The fraction of sp³-hybridized carbons (Fsp3) is 0.444. The molecule has 0 radical (unpaired) electrons. The first-order valence-corrected chi connectivity index (χ1v) is 6.99. The molecule has 1 rings (SSSR count). The van der Waals surface area contributed by atoms with Gasteiger partial charge in [0.25, 0.3) is 0 Å². The molecule has 0 amide bonds. The van der Waals surface area contributed by atoms with E-state index in [4.69, 9.17) is 0 Å². The molecular weight excluding hydrogens is 218 g/mol. The average molecular weight is 231 g/mol. The van der Waals surface area contributed by atoms with Crippen molar-refractivity contribution < 1.29 is 8.42 Å². The molecule has 0 fully saturated rings. The van der Waals surface area contributed by atoms with E-state index < -0.39 is 9.84 Å².